The molecule has 24 heavy (non-hydrogen) atoms. The van der Waals surface area contributed by atoms with E-state index < -0.39 is 6.10 Å². The molecule has 0 saturated carbocycles. The van der Waals surface area contributed by atoms with Crippen LogP contribution in [0.3, 0.4) is 0 Å². The molecule has 0 radical (unpaired) electrons. The average Bonchev–Trinajstić information content (AvgIpc) is 2.56. The van der Waals surface area contributed by atoms with Gasteiger partial charge in [-0.3, -0.25) is 4.79 Å². The van der Waals surface area contributed by atoms with E-state index in [2.05, 4.69) is 15.9 Å². The molecule has 1 atom stereocenters. The van der Waals surface area contributed by atoms with E-state index >= 15 is 0 Å². The average molecular weight is 412 g/mol. The molecular formula is C18H20BrClN2O2. The van der Waals surface area contributed by atoms with Crippen molar-refractivity contribution in [1.29, 1.82) is 0 Å². The van der Waals surface area contributed by atoms with Crippen molar-refractivity contribution < 1.29 is 9.53 Å². The van der Waals surface area contributed by atoms with Gasteiger partial charge < -0.3 is 15.4 Å². The van der Waals surface area contributed by atoms with Crippen LogP contribution in [0.4, 0.5) is 11.4 Å². The van der Waals surface area contributed by atoms with Crippen LogP contribution in [0, 0.1) is 0 Å². The summed E-state index contributed by atoms with van der Waals surface area (Å²) in [5.74, 6) is 0.637. The van der Waals surface area contributed by atoms with Gasteiger partial charge in [-0.15, -0.1) is 12.4 Å². The summed E-state index contributed by atoms with van der Waals surface area (Å²) in [6, 6.07) is 13.2. The van der Waals surface area contributed by atoms with Crippen LogP contribution in [-0.2, 0) is 11.2 Å². The number of amides is 1. The van der Waals surface area contributed by atoms with Crippen LogP contribution < -0.4 is 15.4 Å². The number of halogens is 2. The molecule has 0 bridgehead atoms. The van der Waals surface area contributed by atoms with E-state index in [0.717, 1.165) is 34.3 Å². The van der Waals surface area contributed by atoms with Gasteiger partial charge in [-0.05, 0) is 61.7 Å². The predicted molar refractivity (Wildman–Crippen MR) is 103 cm³/mol. The van der Waals surface area contributed by atoms with Crippen LogP contribution in [0.2, 0.25) is 0 Å². The van der Waals surface area contributed by atoms with Gasteiger partial charge in [0, 0.05) is 22.4 Å². The number of anilines is 2. The highest BCUT2D eigenvalue weighted by molar-refractivity contribution is 9.10. The van der Waals surface area contributed by atoms with Gasteiger partial charge in [0.15, 0.2) is 6.10 Å². The molecule has 2 N–H and O–H groups in total. The fourth-order valence-corrected chi connectivity index (χ4v) is 3.13. The Morgan fingerprint density at radius 2 is 1.96 bits per heavy atom. The molecule has 1 heterocycles. The highest BCUT2D eigenvalue weighted by Gasteiger charge is 2.28. The molecule has 1 unspecified atom stereocenters. The first-order valence-corrected chi connectivity index (χ1v) is 8.46. The maximum atomic E-state index is 12.8. The van der Waals surface area contributed by atoms with Gasteiger partial charge in [-0.25, -0.2) is 0 Å². The normalized spacial score (nSPS) is 14.3. The minimum Gasteiger partial charge on any atom is -0.481 e. The van der Waals surface area contributed by atoms with Gasteiger partial charge in [0.25, 0.3) is 5.91 Å². The van der Waals surface area contributed by atoms with Crippen molar-refractivity contribution in [3.8, 4) is 5.75 Å². The van der Waals surface area contributed by atoms with E-state index in [9.17, 15) is 4.79 Å². The molecule has 0 aliphatic carbocycles. The quantitative estimate of drug-likeness (QED) is 0.770. The number of nitrogen functional groups attached to an aromatic ring is 1. The topological polar surface area (TPSA) is 55.6 Å². The van der Waals surface area contributed by atoms with Gasteiger partial charge in [-0.2, -0.15) is 0 Å². The second-order valence-electron chi connectivity index (χ2n) is 5.65. The molecule has 1 aliphatic heterocycles. The number of ether oxygens (including phenoxy) is 1. The largest absolute Gasteiger partial charge is 0.481 e. The maximum absolute atomic E-state index is 12.8. The Labute approximate surface area is 156 Å². The lowest BCUT2D eigenvalue weighted by Crippen LogP contribution is -2.43. The fraction of sp³-hybridized carbons (Fsp3) is 0.278. The first-order chi connectivity index (χ1) is 11.1. The first kappa shape index (κ1) is 18.6. The third-order valence-electron chi connectivity index (χ3n) is 4.03. The van der Waals surface area contributed by atoms with Crippen molar-refractivity contribution in [3.63, 3.8) is 0 Å². The summed E-state index contributed by atoms with van der Waals surface area (Å²) in [6.07, 6.45) is 1.27. The fourth-order valence-electron chi connectivity index (χ4n) is 2.87. The van der Waals surface area contributed by atoms with Crippen LogP contribution in [0.25, 0.3) is 0 Å². The number of carbonyl (C=O) groups is 1. The summed E-state index contributed by atoms with van der Waals surface area (Å²) >= 11 is 3.39. The van der Waals surface area contributed by atoms with Crippen molar-refractivity contribution in [2.45, 2.75) is 25.9 Å². The molecule has 0 fully saturated rings. The Morgan fingerprint density at radius 1 is 1.25 bits per heavy atom. The van der Waals surface area contributed by atoms with Gasteiger partial charge in [0.1, 0.15) is 5.75 Å². The monoisotopic (exact) mass is 410 g/mol. The molecule has 2 aromatic carbocycles. The number of hydrogen-bond donors (Lipinski definition) is 1. The lowest BCUT2D eigenvalue weighted by atomic mass is 9.99. The number of rotatable bonds is 3. The number of nitrogens with zero attached hydrogens (tertiary/aromatic N) is 1. The second kappa shape index (κ2) is 7.90. The number of hydrogen-bond acceptors (Lipinski definition) is 3. The molecule has 0 saturated heterocycles. The number of nitrogens with two attached hydrogens (primary N) is 1. The molecule has 1 amide bonds. The van der Waals surface area contributed by atoms with Gasteiger partial charge in [0.05, 0.1) is 0 Å². The maximum Gasteiger partial charge on any atom is 0.267 e. The Kier molecular flexibility index (Phi) is 6.13. The minimum absolute atomic E-state index is 0. The van der Waals surface area contributed by atoms with Crippen molar-refractivity contribution in [1.82, 2.24) is 0 Å². The molecule has 0 spiro atoms. The molecule has 3 rings (SSSR count). The third-order valence-corrected chi connectivity index (χ3v) is 4.56. The summed E-state index contributed by atoms with van der Waals surface area (Å²) in [4.78, 5) is 14.6. The number of benzene rings is 2. The van der Waals surface area contributed by atoms with Gasteiger partial charge >= 0.3 is 0 Å². The highest BCUT2D eigenvalue weighted by atomic mass is 79.9. The molecule has 128 valence electrons. The van der Waals surface area contributed by atoms with E-state index in [1.165, 1.54) is 0 Å². The van der Waals surface area contributed by atoms with E-state index in [1.807, 2.05) is 42.5 Å². The third kappa shape index (κ3) is 3.84. The zero-order valence-corrected chi connectivity index (χ0v) is 15.8. The summed E-state index contributed by atoms with van der Waals surface area (Å²) in [5.41, 5.74) is 8.76. The second-order valence-corrected chi connectivity index (χ2v) is 6.57. The smallest absolute Gasteiger partial charge is 0.267 e. The zero-order chi connectivity index (χ0) is 16.4. The van der Waals surface area contributed by atoms with E-state index in [-0.39, 0.29) is 18.3 Å². The standard InChI is InChI=1S/C18H19BrN2O2.ClH/c1-12(23-14-9-7-13(19)8-10-14)18(22)21-11-3-4-15-16(20)5-2-6-17(15)21;/h2,5-10,12H,3-4,11,20H2,1H3;1H. The zero-order valence-electron chi connectivity index (χ0n) is 13.4. The molecular weight excluding hydrogens is 392 g/mol. The number of fused-ring (bicyclic) bond motifs is 1. The SMILES string of the molecule is CC(Oc1ccc(Br)cc1)C(=O)N1CCCc2c(N)cccc21.Cl. The number of carbonyl (C=O) groups excluding carboxylic acids is 1. The molecule has 2 aromatic rings. The predicted octanol–water partition coefficient (Wildman–Crippen LogP) is 4.20. The van der Waals surface area contributed by atoms with E-state index in [4.69, 9.17) is 10.5 Å². The van der Waals surface area contributed by atoms with Crippen LogP contribution in [0.15, 0.2) is 46.9 Å². The summed E-state index contributed by atoms with van der Waals surface area (Å²) in [5, 5.41) is 0. The van der Waals surface area contributed by atoms with Gasteiger partial charge in [0.2, 0.25) is 0 Å². The van der Waals surface area contributed by atoms with E-state index in [1.54, 1.807) is 11.8 Å². The van der Waals surface area contributed by atoms with Crippen LogP contribution in [0.5, 0.6) is 5.75 Å². The van der Waals surface area contributed by atoms with Crippen LogP contribution in [-0.4, -0.2) is 18.6 Å². The van der Waals surface area contributed by atoms with Crippen molar-refractivity contribution >= 4 is 45.6 Å². The molecule has 1 aliphatic rings. The van der Waals surface area contributed by atoms with Crippen molar-refractivity contribution in [2.75, 3.05) is 17.2 Å². The van der Waals surface area contributed by atoms with E-state index in [0.29, 0.717) is 12.3 Å². The Morgan fingerprint density at radius 3 is 2.67 bits per heavy atom. The molecule has 4 nitrogen and oxygen atoms in total. The minimum atomic E-state index is -0.552. The van der Waals surface area contributed by atoms with Gasteiger partial charge in [-0.1, -0.05) is 22.0 Å². The summed E-state index contributed by atoms with van der Waals surface area (Å²) < 4.78 is 6.76. The lowest BCUT2D eigenvalue weighted by Gasteiger charge is -2.32. The highest BCUT2D eigenvalue weighted by Crippen LogP contribution is 2.32. The first-order valence-electron chi connectivity index (χ1n) is 7.67. The molecule has 6 heteroatoms. The lowest BCUT2D eigenvalue weighted by molar-refractivity contribution is -0.124. The molecule has 0 aromatic heterocycles. The summed E-state index contributed by atoms with van der Waals surface area (Å²) in [6.45, 7) is 2.48. The van der Waals surface area contributed by atoms with Crippen LogP contribution >= 0.6 is 28.3 Å². The Hall–Kier alpha value is -1.72. The summed E-state index contributed by atoms with van der Waals surface area (Å²) in [7, 11) is 0. The van der Waals surface area contributed by atoms with Crippen LogP contribution in [0.1, 0.15) is 18.9 Å². The Balaban J connectivity index is 0.00000208. The Bertz CT molecular complexity index is 721. The van der Waals surface area contributed by atoms with Crippen molar-refractivity contribution in [3.05, 3.63) is 52.5 Å². The van der Waals surface area contributed by atoms with Crippen molar-refractivity contribution in [2.24, 2.45) is 0 Å².